The lowest BCUT2D eigenvalue weighted by Gasteiger charge is -2.34. The molecule has 0 atom stereocenters. The number of amides is 1. The number of nitrogens with zero attached hydrogens (tertiary/aromatic N) is 3. The van der Waals surface area contributed by atoms with Crippen LogP contribution in [0.4, 0.5) is 5.13 Å². The first-order valence-electron chi connectivity index (χ1n) is 6.01. The van der Waals surface area contributed by atoms with Gasteiger partial charge < -0.3 is 14.8 Å². The van der Waals surface area contributed by atoms with Crippen LogP contribution in [0.2, 0.25) is 5.02 Å². The van der Waals surface area contributed by atoms with E-state index in [0.29, 0.717) is 23.8 Å². The number of hydrogen-bond donors (Lipinski definition) is 1. The highest BCUT2D eigenvalue weighted by Gasteiger charge is 2.23. The number of carbonyl (C=O) groups is 1. The summed E-state index contributed by atoms with van der Waals surface area (Å²) in [6.07, 6.45) is 3.43. The van der Waals surface area contributed by atoms with Gasteiger partial charge in [0.2, 0.25) is 0 Å². The van der Waals surface area contributed by atoms with Crippen LogP contribution in [0.5, 0.6) is 0 Å². The van der Waals surface area contributed by atoms with Gasteiger partial charge in [-0.25, -0.2) is 4.98 Å². The summed E-state index contributed by atoms with van der Waals surface area (Å²) in [5.41, 5.74) is 0.549. The molecule has 2 aromatic rings. The Morgan fingerprint density at radius 2 is 2.16 bits per heavy atom. The first-order valence-corrected chi connectivity index (χ1v) is 7.27. The van der Waals surface area contributed by atoms with Gasteiger partial charge in [-0.2, -0.15) is 0 Å². The van der Waals surface area contributed by atoms with Crippen molar-refractivity contribution in [3.63, 3.8) is 0 Å². The van der Waals surface area contributed by atoms with Gasteiger partial charge in [-0.3, -0.25) is 4.79 Å². The number of anilines is 1. The van der Waals surface area contributed by atoms with E-state index in [0.717, 1.165) is 18.2 Å². The Morgan fingerprint density at radius 3 is 2.74 bits per heavy atom. The highest BCUT2D eigenvalue weighted by atomic mass is 35.5. The van der Waals surface area contributed by atoms with E-state index < -0.39 is 0 Å². The number of aromatic nitrogens is 2. The minimum atomic E-state index is 0.00527. The summed E-state index contributed by atoms with van der Waals surface area (Å²) in [6, 6.07) is 1.66. The molecule has 7 heteroatoms. The first kappa shape index (κ1) is 12.5. The van der Waals surface area contributed by atoms with Crippen LogP contribution >= 0.6 is 22.9 Å². The Balaban J connectivity index is 1.62. The molecule has 100 valence electrons. The fraction of sp³-hybridized carbons (Fsp3) is 0.333. The van der Waals surface area contributed by atoms with Gasteiger partial charge in [0.25, 0.3) is 5.91 Å². The van der Waals surface area contributed by atoms with Crippen LogP contribution in [0.1, 0.15) is 10.5 Å². The van der Waals surface area contributed by atoms with Crippen molar-refractivity contribution in [3.05, 3.63) is 34.6 Å². The van der Waals surface area contributed by atoms with Crippen LogP contribution in [-0.2, 0) is 0 Å². The summed E-state index contributed by atoms with van der Waals surface area (Å²) >= 11 is 7.44. The second-order valence-corrected chi connectivity index (χ2v) is 5.63. The van der Waals surface area contributed by atoms with Gasteiger partial charge in [-0.1, -0.05) is 11.6 Å². The van der Waals surface area contributed by atoms with Gasteiger partial charge >= 0.3 is 0 Å². The highest BCUT2D eigenvalue weighted by Crippen LogP contribution is 2.20. The molecule has 0 spiro atoms. The van der Waals surface area contributed by atoms with Crippen LogP contribution in [0.25, 0.3) is 0 Å². The van der Waals surface area contributed by atoms with E-state index in [2.05, 4.69) is 14.9 Å². The molecule has 0 aliphatic carbocycles. The Morgan fingerprint density at radius 1 is 1.37 bits per heavy atom. The molecular formula is C12H13ClN4OS. The third-order valence-electron chi connectivity index (χ3n) is 3.13. The second-order valence-electron chi connectivity index (χ2n) is 4.33. The third kappa shape index (κ3) is 2.59. The molecule has 19 heavy (non-hydrogen) atoms. The van der Waals surface area contributed by atoms with E-state index in [-0.39, 0.29) is 5.91 Å². The van der Waals surface area contributed by atoms with Crippen molar-refractivity contribution in [2.24, 2.45) is 0 Å². The molecule has 1 aliphatic heterocycles. The maximum absolute atomic E-state index is 12.2. The van der Waals surface area contributed by atoms with E-state index in [1.165, 1.54) is 0 Å². The van der Waals surface area contributed by atoms with Gasteiger partial charge in [0.1, 0.15) is 5.69 Å². The zero-order valence-corrected chi connectivity index (χ0v) is 11.7. The minimum absolute atomic E-state index is 0.00527. The largest absolute Gasteiger partial charge is 0.356 e. The maximum Gasteiger partial charge on any atom is 0.270 e. The average Bonchev–Trinajstić information content (AvgIpc) is 3.09. The molecule has 1 N–H and O–H groups in total. The fourth-order valence-electron chi connectivity index (χ4n) is 2.13. The molecule has 3 rings (SSSR count). The number of piperazine rings is 1. The monoisotopic (exact) mass is 296 g/mol. The van der Waals surface area contributed by atoms with E-state index in [9.17, 15) is 4.79 Å². The predicted molar refractivity (Wildman–Crippen MR) is 76.0 cm³/mol. The van der Waals surface area contributed by atoms with Gasteiger partial charge in [-0.15, -0.1) is 11.3 Å². The quantitative estimate of drug-likeness (QED) is 0.923. The van der Waals surface area contributed by atoms with Crippen molar-refractivity contribution in [1.82, 2.24) is 14.9 Å². The van der Waals surface area contributed by atoms with Gasteiger partial charge in [0.15, 0.2) is 5.13 Å². The molecular weight excluding hydrogens is 284 g/mol. The highest BCUT2D eigenvalue weighted by molar-refractivity contribution is 7.13. The summed E-state index contributed by atoms with van der Waals surface area (Å²) in [5, 5.41) is 3.55. The van der Waals surface area contributed by atoms with Gasteiger partial charge in [0, 0.05) is 44.0 Å². The molecule has 1 fully saturated rings. The van der Waals surface area contributed by atoms with E-state index >= 15 is 0 Å². The number of hydrogen-bond acceptors (Lipinski definition) is 4. The number of rotatable bonds is 2. The summed E-state index contributed by atoms with van der Waals surface area (Å²) in [7, 11) is 0. The number of halogens is 1. The lowest BCUT2D eigenvalue weighted by molar-refractivity contribution is 0.0741. The summed E-state index contributed by atoms with van der Waals surface area (Å²) < 4.78 is 0. The molecule has 3 heterocycles. The molecule has 0 saturated carbocycles. The summed E-state index contributed by atoms with van der Waals surface area (Å²) in [5.74, 6) is 0.00527. The zero-order chi connectivity index (χ0) is 13.2. The van der Waals surface area contributed by atoms with Crippen LogP contribution in [0.15, 0.2) is 23.8 Å². The number of aromatic amines is 1. The Labute approximate surface area is 119 Å². The van der Waals surface area contributed by atoms with E-state index in [1.807, 2.05) is 10.3 Å². The molecule has 1 aliphatic rings. The van der Waals surface area contributed by atoms with E-state index in [4.69, 9.17) is 11.6 Å². The molecule has 1 amide bonds. The number of thiazole rings is 1. The smallest absolute Gasteiger partial charge is 0.270 e. The maximum atomic E-state index is 12.2. The first-order chi connectivity index (χ1) is 9.24. The SMILES string of the molecule is O=C(c1cc(Cl)c[nH]1)N1CCN(c2nccs2)CC1. The number of H-pyrrole nitrogens is 1. The zero-order valence-electron chi connectivity index (χ0n) is 10.2. The second kappa shape index (κ2) is 5.22. The Kier molecular flexibility index (Phi) is 3.44. The molecule has 5 nitrogen and oxygen atoms in total. The number of nitrogens with one attached hydrogen (secondary N) is 1. The van der Waals surface area contributed by atoms with Crippen LogP contribution in [-0.4, -0.2) is 47.0 Å². The lowest BCUT2D eigenvalue weighted by Crippen LogP contribution is -2.48. The summed E-state index contributed by atoms with van der Waals surface area (Å²) in [6.45, 7) is 3.03. The van der Waals surface area contributed by atoms with Gasteiger partial charge in [-0.05, 0) is 6.07 Å². The molecule has 0 aromatic carbocycles. The topological polar surface area (TPSA) is 52.2 Å². The van der Waals surface area contributed by atoms with Crippen molar-refractivity contribution >= 4 is 34.0 Å². The molecule has 0 bridgehead atoms. The van der Waals surface area contributed by atoms with Crippen molar-refractivity contribution in [3.8, 4) is 0 Å². The molecule has 2 aromatic heterocycles. The van der Waals surface area contributed by atoms with Gasteiger partial charge in [0.05, 0.1) is 5.02 Å². The summed E-state index contributed by atoms with van der Waals surface area (Å²) in [4.78, 5) is 23.4. The standard InChI is InChI=1S/C12H13ClN4OS/c13-9-7-10(15-8-9)11(18)16-2-4-17(5-3-16)12-14-1-6-19-12/h1,6-8,15H,2-5H2. The predicted octanol–water partition coefficient (Wildman–Crippen LogP) is 2.09. The Bertz CT molecular complexity index is 560. The molecule has 0 radical (unpaired) electrons. The van der Waals surface area contributed by atoms with Crippen molar-refractivity contribution in [1.29, 1.82) is 0 Å². The van der Waals surface area contributed by atoms with Crippen molar-refractivity contribution in [2.75, 3.05) is 31.1 Å². The normalized spacial score (nSPS) is 15.8. The van der Waals surface area contributed by atoms with Crippen molar-refractivity contribution < 1.29 is 4.79 Å². The Hall–Kier alpha value is -1.53. The van der Waals surface area contributed by atoms with Crippen LogP contribution in [0, 0.1) is 0 Å². The minimum Gasteiger partial charge on any atom is -0.356 e. The number of carbonyl (C=O) groups excluding carboxylic acids is 1. The average molecular weight is 297 g/mol. The van der Waals surface area contributed by atoms with Crippen molar-refractivity contribution in [2.45, 2.75) is 0 Å². The fourth-order valence-corrected chi connectivity index (χ4v) is 3.00. The van der Waals surface area contributed by atoms with Crippen LogP contribution in [0.3, 0.4) is 0 Å². The molecule has 0 unspecified atom stereocenters. The molecule has 1 saturated heterocycles. The van der Waals surface area contributed by atoms with Crippen LogP contribution < -0.4 is 4.90 Å². The third-order valence-corrected chi connectivity index (χ3v) is 4.19. The lowest BCUT2D eigenvalue weighted by atomic mass is 10.3. The van der Waals surface area contributed by atoms with E-state index in [1.54, 1.807) is 29.8 Å².